The number of aryl methyl sites for hydroxylation is 2. The van der Waals surface area contributed by atoms with Gasteiger partial charge in [0, 0.05) is 13.5 Å². The van der Waals surface area contributed by atoms with Crippen molar-refractivity contribution in [1.82, 2.24) is 9.55 Å². The SMILES string of the molecule is C[CH]Cc1nc2c(C)cccc2n1C. The summed E-state index contributed by atoms with van der Waals surface area (Å²) >= 11 is 0. The van der Waals surface area contributed by atoms with Crippen molar-refractivity contribution in [2.45, 2.75) is 20.3 Å². The van der Waals surface area contributed by atoms with E-state index in [1.54, 1.807) is 0 Å². The van der Waals surface area contributed by atoms with E-state index in [4.69, 9.17) is 0 Å². The lowest BCUT2D eigenvalue weighted by molar-refractivity contribution is 0.836. The summed E-state index contributed by atoms with van der Waals surface area (Å²) < 4.78 is 2.17. The fourth-order valence-electron chi connectivity index (χ4n) is 1.77. The topological polar surface area (TPSA) is 17.8 Å². The van der Waals surface area contributed by atoms with Crippen LogP contribution in [-0.2, 0) is 13.5 Å². The normalized spacial score (nSPS) is 11.1. The highest BCUT2D eigenvalue weighted by Crippen LogP contribution is 2.18. The third-order valence-electron chi connectivity index (χ3n) is 2.59. The van der Waals surface area contributed by atoms with Crippen LogP contribution in [0.4, 0.5) is 0 Å². The van der Waals surface area contributed by atoms with Crippen molar-refractivity contribution < 1.29 is 0 Å². The lowest BCUT2D eigenvalue weighted by atomic mass is 10.2. The van der Waals surface area contributed by atoms with Gasteiger partial charge >= 0.3 is 0 Å². The minimum absolute atomic E-state index is 0.935. The maximum atomic E-state index is 4.63. The molecule has 2 heteroatoms. The lowest BCUT2D eigenvalue weighted by Gasteiger charge is -1.99. The van der Waals surface area contributed by atoms with Crippen molar-refractivity contribution in [3.8, 4) is 0 Å². The molecule has 2 nitrogen and oxygen atoms in total. The third kappa shape index (κ3) is 1.31. The van der Waals surface area contributed by atoms with E-state index in [1.807, 2.05) is 0 Å². The zero-order valence-corrected chi connectivity index (χ0v) is 8.91. The van der Waals surface area contributed by atoms with E-state index < -0.39 is 0 Å². The maximum absolute atomic E-state index is 4.63. The monoisotopic (exact) mass is 187 g/mol. The van der Waals surface area contributed by atoms with Crippen LogP contribution < -0.4 is 0 Å². The molecule has 0 N–H and O–H groups in total. The highest BCUT2D eigenvalue weighted by atomic mass is 15.1. The van der Waals surface area contributed by atoms with E-state index >= 15 is 0 Å². The van der Waals surface area contributed by atoms with Crippen LogP contribution in [0.15, 0.2) is 18.2 Å². The molecule has 1 aromatic heterocycles. The summed E-state index contributed by atoms with van der Waals surface area (Å²) in [5.41, 5.74) is 3.61. The van der Waals surface area contributed by atoms with Crippen molar-refractivity contribution in [2.75, 3.05) is 0 Å². The predicted octanol–water partition coefficient (Wildman–Crippen LogP) is 2.65. The summed E-state index contributed by atoms with van der Waals surface area (Å²) in [6, 6.07) is 6.31. The van der Waals surface area contributed by atoms with Crippen LogP contribution in [0.5, 0.6) is 0 Å². The van der Waals surface area contributed by atoms with Crippen LogP contribution >= 0.6 is 0 Å². The van der Waals surface area contributed by atoms with Gasteiger partial charge in [0.25, 0.3) is 0 Å². The Hall–Kier alpha value is -1.31. The molecule has 0 aliphatic rings. The number of fused-ring (bicyclic) bond motifs is 1. The molecule has 0 spiro atoms. The smallest absolute Gasteiger partial charge is 0.109 e. The molecule has 0 aliphatic carbocycles. The molecule has 1 aromatic carbocycles. The van der Waals surface area contributed by atoms with E-state index in [1.165, 1.54) is 11.1 Å². The lowest BCUT2D eigenvalue weighted by Crippen LogP contribution is -1.96. The Morgan fingerprint density at radius 1 is 1.43 bits per heavy atom. The minimum Gasteiger partial charge on any atom is -0.331 e. The van der Waals surface area contributed by atoms with Gasteiger partial charge in [0.1, 0.15) is 5.82 Å². The van der Waals surface area contributed by atoms with Gasteiger partial charge in [-0.3, -0.25) is 0 Å². The predicted molar refractivity (Wildman–Crippen MR) is 59.1 cm³/mol. The number of aromatic nitrogens is 2. The Balaban J connectivity index is 2.67. The van der Waals surface area contributed by atoms with Gasteiger partial charge in [-0.2, -0.15) is 0 Å². The number of benzene rings is 1. The average Bonchev–Trinajstić information content (AvgIpc) is 2.48. The third-order valence-corrected chi connectivity index (χ3v) is 2.59. The molecule has 2 rings (SSSR count). The van der Waals surface area contributed by atoms with Crippen molar-refractivity contribution in [3.63, 3.8) is 0 Å². The first kappa shape index (κ1) is 9.25. The molecule has 14 heavy (non-hydrogen) atoms. The molecular weight excluding hydrogens is 172 g/mol. The zero-order chi connectivity index (χ0) is 10.1. The molecule has 1 heterocycles. The molecule has 0 saturated carbocycles. The van der Waals surface area contributed by atoms with Gasteiger partial charge in [-0.25, -0.2) is 4.98 Å². The van der Waals surface area contributed by atoms with Crippen LogP contribution in [0, 0.1) is 13.3 Å². The van der Waals surface area contributed by atoms with Crippen LogP contribution in [-0.4, -0.2) is 9.55 Å². The van der Waals surface area contributed by atoms with Crippen LogP contribution in [0.1, 0.15) is 18.3 Å². The summed E-state index contributed by atoms with van der Waals surface area (Å²) in [6.45, 7) is 4.17. The molecular formula is C12H15N2. The first-order valence-corrected chi connectivity index (χ1v) is 4.92. The average molecular weight is 187 g/mol. The van der Waals surface area contributed by atoms with Gasteiger partial charge < -0.3 is 4.57 Å². The summed E-state index contributed by atoms with van der Waals surface area (Å²) in [6.07, 6.45) is 3.07. The number of hydrogen-bond acceptors (Lipinski definition) is 1. The van der Waals surface area contributed by atoms with Crippen LogP contribution in [0.2, 0.25) is 0 Å². The number of rotatable bonds is 2. The standard InChI is InChI=1S/C12H15N2/c1-4-6-11-13-12-9(2)7-5-8-10(12)14(11)3/h4-5,7-8H,6H2,1-3H3. The molecule has 0 amide bonds. The molecule has 2 aromatic rings. The Labute approximate surface area is 84.6 Å². The van der Waals surface area contributed by atoms with Crippen LogP contribution in [0.25, 0.3) is 11.0 Å². The zero-order valence-electron chi connectivity index (χ0n) is 8.91. The molecule has 1 radical (unpaired) electrons. The number of hydrogen-bond donors (Lipinski definition) is 0. The first-order chi connectivity index (χ1) is 6.74. The molecule has 0 unspecified atom stereocenters. The largest absolute Gasteiger partial charge is 0.331 e. The van der Waals surface area contributed by atoms with Crippen LogP contribution in [0.3, 0.4) is 0 Å². The van der Waals surface area contributed by atoms with E-state index in [-0.39, 0.29) is 0 Å². The molecule has 73 valence electrons. The molecule has 0 saturated heterocycles. The second-order valence-corrected chi connectivity index (χ2v) is 3.64. The van der Waals surface area contributed by atoms with E-state index in [9.17, 15) is 0 Å². The van der Waals surface area contributed by atoms with E-state index in [2.05, 4.69) is 55.1 Å². The second-order valence-electron chi connectivity index (χ2n) is 3.64. The first-order valence-electron chi connectivity index (χ1n) is 4.92. The Morgan fingerprint density at radius 2 is 2.21 bits per heavy atom. The molecule has 0 atom stereocenters. The van der Waals surface area contributed by atoms with Gasteiger partial charge in [0.15, 0.2) is 0 Å². The number of nitrogens with zero attached hydrogens (tertiary/aromatic N) is 2. The summed E-state index contributed by atoms with van der Waals surface area (Å²) in [7, 11) is 2.08. The molecule has 0 fully saturated rings. The summed E-state index contributed by atoms with van der Waals surface area (Å²) in [4.78, 5) is 4.63. The highest BCUT2D eigenvalue weighted by Gasteiger charge is 2.07. The van der Waals surface area contributed by atoms with Crippen molar-refractivity contribution in [3.05, 3.63) is 36.0 Å². The quantitative estimate of drug-likeness (QED) is 0.706. The number of para-hydroxylation sites is 1. The summed E-state index contributed by atoms with van der Waals surface area (Å²) in [5.74, 6) is 1.14. The van der Waals surface area contributed by atoms with Gasteiger partial charge in [-0.05, 0) is 25.0 Å². The fraction of sp³-hybridized carbons (Fsp3) is 0.333. The van der Waals surface area contributed by atoms with Gasteiger partial charge in [0.05, 0.1) is 11.0 Å². The molecule has 0 aliphatic heterocycles. The highest BCUT2D eigenvalue weighted by molar-refractivity contribution is 5.79. The van der Waals surface area contributed by atoms with Gasteiger partial charge in [-0.1, -0.05) is 19.1 Å². The minimum atomic E-state index is 0.935. The second kappa shape index (κ2) is 3.45. The fourth-order valence-corrected chi connectivity index (χ4v) is 1.77. The van der Waals surface area contributed by atoms with E-state index in [0.717, 1.165) is 17.8 Å². The Kier molecular flexibility index (Phi) is 2.28. The number of imidazole rings is 1. The summed E-state index contributed by atoms with van der Waals surface area (Å²) in [5, 5.41) is 0. The van der Waals surface area contributed by atoms with Crippen molar-refractivity contribution >= 4 is 11.0 Å². The van der Waals surface area contributed by atoms with Gasteiger partial charge in [0.2, 0.25) is 0 Å². The molecule has 0 bridgehead atoms. The maximum Gasteiger partial charge on any atom is 0.109 e. The van der Waals surface area contributed by atoms with E-state index in [0.29, 0.717) is 0 Å². The van der Waals surface area contributed by atoms with Crippen molar-refractivity contribution in [1.29, 1.82) is 0 Å². The Bertz CT molecular complexity index is 455. The Morgan fingerprint density at radius 3 is 2.86 bits per heavy atom. The van der Waals surface area contributed by atoms with Gasteiger partial charge in [-0.15, -0.1) is 0 Å². The van der Waals surface area contributed by atoms with Crippen molar-refractivity contribution in [2.24, 2.45) is 7.05 Å².